The summed E-state index contributed by atoms with van der Waals surface area (Å²) in [5.41, 5.74) is 3.99. The highest BCUT2D eigenvalue weighted by molar-refractivity contribution is 6.00. The Morgan fingerprint density at radius 1 is 1.26 bits per heavy atom. The van der Waals surface area contributed by atoms with E-state index >= 15 is 0 Å². The van der Waals surface area contributed by atoms with Gasteiger partial charge in [0.1, 0.15) is 5.82 Å². The van der Waals surface area contributed by atoms with Crippen LogP contribution in [0.5, 0.6) is 0 Å². The van der Waals surface area contributed by atoms with E-state index in [1.54, 1.807) is 0 Å². The van der Waals surface area contributed by atoms with E-state index in [4.69, 9.17) is 10.1 Å². The Labute approximate surface area is 161 Å². The van der Waals surface area contributed by atoms with Crippen LogP contribution in [0.1, 0.15) is 31.0 Å². The van der Waals surface area contributed by atoms with Crippen molar-refractivity contribution in [2.24, 2.45) is 11.0 Å². The van der Waals surface area contributed by atoms with Crippen molar-refractivity contribution >= 4 is 17.2 Å². The lowest BCUT2D eigenvalue weighted by Crippen LogP contribution is -2.44. The summed E-state index contributed by atoms with van der Waals surface area (Å²) in [7, 11) is 1.96. The smallest absolute Gasteiger partial charge is 0.128 e. The highest BCUT2D eigenvalue weighted by Gasteiger charge is 2.32. The topological polar surface area (TPSA) is 56.6 Å². The van der Waals surface area contributed by atoms with Crippen molar-refractivity contribution in [3.8, 4) is 0 Å². The fourth-order valence-electron chi connectivity index (χ4n) is 4.22. The molecule has 2 unspecified atom stereocenters. The lowest BCUT2D eigenvalue weighted by molar-refractivity contribution is 0.375. The van der Waals surface area contributed by atoms with Crippen LogP contribution in [0, 0.1) is 12.8 Å². The van der Waals surface area contributed by atoms with Crippen LogP contribution in [0.4, 0.5) is 11.5 Å². The summed E-state index contributed by atoms with van der Waals surface area (Å²) in [6, 6.07) is 8.93. The van der Waals surface area contributed by atoms with E-state index in [0.717, 1.165) is 54.0 Å². The molecule has 142 valence electrons. The van der Waals surface area contributed by atoms with Crippen molar-refractivity contribution in [2.45, 2.75) is 32.7 Å². The molecule has 27 heavy (non-hydrogen) atoms. The van der Waals surface area contributed by atoms with Crippen LogP contribution >= 0.6 is 0 Å². The van der Waals surface area contributed by atoms with Gasteiger partial charge in [-0.25, -0.2) is 4.98 Å². The number of hydrogen-bond donors (Lipinski definition) is 1. The minimum absolute atomic E-state index is 0.708. The number of pyridine rings is 2. The predicted octanol–water partition coefficient (Wildman–Crippen LogP) is 2.83. The molecule has 2 atom stereocenters. The molecule has 0 bridgehead atoms. The van der Waals surface area contributed by atoms with Crippen LogP contribution in [0.15, 0.2) is 41.8 Å². The lowest BCUT2D eigenvalue weighted by Gasteiger charge is -2.35. The quantitative estimate of drug-likeness (QED) is 0.668. The van der Waals surface area contributed by atoms with Crippen molar-refractivity contribution in [3.05, 3.63) is 47.9 Å². The largest absolute Gasteiger partial charge is 0.356 e. The van der Waals surface area contributed by atoms with Crippen LogP contribution in [-0.4, -0.2) is 48.4 Å². The lowest BCUT2D eigenvalue weighted by atomic mass is 9.93. The van der Waals surface area contributed by atoms with Crippen molar-refractivity contribution in [1.29, 1.82) is 0 Å². The van der Waals surface area contributed by atoms with Gasteiger partial charge in [0.25, 0.3) is 0 Å². The summed E-state index contributed by atoms with van der Waals surface area (Å²) in [5.74, 6) is 1.83. The third kappa shape index (κ3) is 3.81. The molecule has 4 rings (SSSR count). The summed E-state index contributed by atoms with van der Waals surface area (Å²) < 4.78 is 0. The SMILES string of the molecule is C/C(=N\N(C)c1ccc(N2CCC3NCCC3C2)nc1)c1cccnc1C. The fraction of sp³-hybridized carbons (Fsp3) is 0.476. The van der Waals surface area contributed by atoms with Gasteiger partial charge in [-0.05, 0) is 63.4 Å². The third-order valence-corrected chi connectivity index (χ3v) is 5.78. The highest BCUT2D eigenvalue weighted by atomic mass is 15.4. The second-order valence-corrected chi connectivity index (χ2v) is 7.56. The van der Waals surface area contributed by atoms with Crippen LogP contribution in [0.2, 0.25) is 0 Å². The maximum atomic E-state index is 4.72. The molecule has 2 aromatic rings. The molecule has 2 aliphatic rings. The van der Waals surface area contributed by atoms with E-state index in [2.05, 4.69) is 33.4 Å². The summed E-state index contributed by atoms with van der Waals surface area (Å²) in [5, 5.41) is 10.2. The molecule has 0 amide bonds. The maximum Gasteiger partial charge on any atom is 0.128 e. The molecule has 6 heteroatoms. The third-order valence-electron chi connectivity index (χ3n) is 5.78. The Morgan fingerprint density at radius 2 is 2.15 bits per heavy atom. The zero-order valence-corrected chi connectivity index (χ0v) is 16.4. The molecule has 2 aromatic heterocycles. The maximum absolute atomic E-state index is 4.72. The molecule has 2 fully saturated rings. The number of nitrogens with zero attached hydrogens (tertiary/aromatic N) is 5. The van der Waals surface area contributed by atoms with Gasteiger partial charge in [0, 0.05) is 43.6 Å². The number of nitrogens with one attached hydrogen (secondary N) is 1. The van der Waals surface area contributed by atoms with Crippen molar-refractivity contribution in [3.63, 3.8) is 0 Å². The Kier molecular flexibility index (Phi) is 5.07. The van der Waals surface area contributed by atoms with Gasteiger partial charge in [0.15, 0.2) is 0 Å². The average Bonchev–Trinajstić information content (AvgIpc) is 3.16. The number of hydrazone groups is 1. The van der Waals surface area contributed by atoms with Crippen molar-refractivity contribution in [1.82, 2.24) is 15.3 Å². The number of hydrogen-bond acceptors (Lipinski definition) is 6. The predicted molar refractivity (Wildman–Crippen MR) is 111 cm³/mol. The Hall–Kier alpha value is -2.47. The van der Waals surface area contributed by atoms with Crippen LogP contribution in [0.25, 0.3) is 0 Å². The molecule has 0 saturated carbocycles. The molecule has 4 heterocycles. The number of aromatic nitrogens is 2. The van der Waals surface area contributed by atoms with E-state index in [9.17, 15) is 0 Å². The first kappa shape index (κ1) is 17.9. The monoisotopic (exact) mass is 364 g/mol. The number of fused-ring (bicyclic) bond motifs is 1. The van der Waals surface area contributed by atoms with Gasteiger partial charge < -0.3 is 10.2 Å². The number of rotatable bonds is 4. The van der Waals surface area contributed by atoms with E-state index in [0.29, 0.717) is 6.04 Å². The molecule has 6 nitrogen and oxygen atoms in total. The van der Waals surface area contributed by atoms with E-state index in [-0.39, 0.29) is 0 Å². The second-order valence-electron chi connectivity index (χ2n) is 7.56. The second kappa shape index (κ2) is 7.64. The Morgan fingerprint density at radius 3 is 2.93 bits per heavy atom. The van der Waals surface area contributed by atoms with Gasteiger partial charge in [-0.2, -0.15) is 5.10 Å². The standard InChI is InChI=1S/C21H28N6/c1-15-19(5-4-10-22-15)16(2)25-26(3)18-6-7-21(24-13-18)27-12-9-20-17(14-27)8-11-23-20/h4-7,10,13,17,20,23H,8-9,11-12,14H2,1-3H3/b25-16+. The molecule has 0 aliphatic carbocycles. The summed E-state index contributed by atoms with van der Waals surface area (Å²) in [6.07, 6.45) is 6.22. The van der Waals surface area contributed by atoms with Crippen LogP contribution in [0.3, 0.4) is 0 Å². The number of aryl methyl sites for hydroxylation is 1. The molecular weight excluding hydrogens is 336 g/mol. The first-order chi connectivity index (χ1) is 13.1. The van der Waals surface area contributed by atoms with Gasteiger partial charge in [0.2, 0.25) is 0 Å². The Balaban J connectivity index is 1.45. The minimum Gasteiger partial charge on any atom is -0.356 e. The van der Waals surface area contributed by atoms with Gasteiger partial charge in [-0.1, -0.05) is 0 Å². The van der Waals surface area contributed by atoms with Gasteiger partial charge >= 0.3 is 0 Å². The molecule has 1 N–H and O–H groups in total. The first-order valence-electron chi connectivity index (χ1n) is 9.77. The normalized spacial score (nSPS) is 22.6. The average molecular weight is 364 g/mol. The zero-order valence-electron chi connectivity index (χ0n) is 16.4. The molecular formula is C21H28N6. The first-order valence-corrected chi connectivity index (χ1v) is 9.77. The van der Waals surface area contributed by atoms with Crippen molar-refractivity contribution < 1.29 is 0 Å². The van der Waals surface area contributed by atoms with E-state index < -0.39 is 0 Å². The molecule has 0 radical (unpaired) electrons. The van der Waals surface area contributed by atoms with Crippen molar-refractivity contribution in [2.75, 3.05) is 36.6 Å². The number of anilines is 2. The molecule has 0 aromatic carbocycles. The molecule has 2 saturated heterocycles. The van der Waals surface area contributed by atoms with Gasteiger partial charge in [-0.3, -0.25) is 9.99 Å². The van der Waals surface area contributed by atoms with Gasteiger partial charge in [0.05, 0.1) is 17.6 Å². The molecule has 2 aliphatic heterocycles. The van der Waals surface area contributed by atoms with E-state index in [1.165, 1.54) is 12.8 Å². The fourth-order valence-corrected chi connectivity index (χ4v) is 4.22. The minimum atomic E-state index is 0.708. The van der Waals surface area contributed by atoms with Crippen LogP contribution < -0.4 is 15.2 Å². The summed E-state index contributed by atoms with van der Waals surface area (Å²) in [4.78, 5) is 11.5. The van der Waals surface area contributed by atoms with Crippen LogP contribution in [-0.2, 0) is 0 Å². The molecule has 0 spiro atoms. The number of piperidine rings is 1. The Bertz CT molecular complexity index is 816. The summed E-state index contributed by atoms with van der Waals surface area (Å²) in [6.45, 7) is 7.37. The summed E-state index contributed by atoms with van der Waals surface area (Å²) >= 11 is 0. The van der Waals surface area contributed by atoms with Gasteiger partial charge in [-0.15, -0.1) is 0 Å². The van der Waals surface area contributed by atoms with E-state index in [1.807, 2.05) is 44.4 Å². The zero-order chi connectivity index (χ0) is 18.8. The highest BCUT2D eigenvalue weighted by Crippen LogP contribution is 2.28.